The van der Waals surface area contributed by atoms with Gasteiger partial charge in [0.2, 0.25) is 27.6 Å². The maximum absolute atomic E-state index is 14.2. The normalized spacial score (nSPS) is 21.1. The number of sulfonamides is 1. The number of unbranched alkanes of at least 4 members (excludes halogenated alkanes) is 1. The van der Waals surface area contributed by atoms with E-state index in [-0.39, 0.29) is 31.7 Å². The number of piperidine rings is 1. The molecule has 268 valence electrons. The fourth-order valence-corrected chi connectivity index (χ4v) is 7.51. The lowest BCUT2D eigenvalue weighted by molar-refractivity contribution is -0.139. The molecule has 0 bridgehead atoms. The van der Waals surface area contributed by atoms with Crippen LogP contribution < -0.4 is 15.8 Å². The second-order valence-corrected chi connectivity index (χ2v) is 15.0. The molecule has 3 heterocycles. The number of carbonyl (C=O) groups is 4. The first kappa shape index (κ1) is 36.5. The predicted octanol–water partition coefficient (Wildman–Crippen LogP) is 3.02. The van der Waals surface area contributed by atoms with Crippen molar-refractivity contribution in [1.29, 1.82) is 0 Å². The topological polar surface area (TPSA) is 194 Å². The van der Waals surface area contributed by atoms with E-state index >= 15 is 0 Å². The number of nitrogens with zero attached hydrogens (tertiary/aromatic N) is 3. The van der Waals surface area contributed by atoms with E-state index in [1.165, 1.54) is 4.90 Å². The van der Waals surface area contributed by atoms with Gasteiger partial charge in [-0.1, -0.05) is 23.8 Å². The summed E-state index contributed by atoms with van der Waals surface area (Å²) in [5.74, 6) is -1.91. The summed E-state index contributed by atoms with van der Waals surface area (Å²) in [4.78, 5) is 62.2. The average molecular weight is 701 g/mol. The second kappa shape index (κ2) is 16.7. The number of para-hydroxylation sites is 2. The molecule has 1 unspecified atom stereocenters. The molecule has 3 aliphatic rings. The number of ether oxygens (including phenoxy) is 1. The molecule has 1 aliphatic carbocycles. The Balaban J connectivity index is 1.39. The quantitative estimate of drug-likeness (QED) is 0.150. The molecule has 5 rings (SSSR count). The van der Waals surface area contributed by atoms with Crippen molar-refractivity contribution in [1.82, 2.24) is 24.8 Å². The Hall–Kier alpha value is -3.82. The molecular weight excluding hydrogens is 652 g/mol. The summed E-state index contributed by atoms with van der Waals surface area (Å²) >= 11 is 0. The van der Waals surface area contributed by atoms with Gasteiger partial charge >= 0.3 is 6.09 Å². The van der Waals surface area contributed by atoms with Crippen LogP contribution in [0.4, 0.5) is 4.79 Å². The standard InChI is InChI=1S/C34H48N6O8S/c1-49(45,46)38-27(17-16-23-11-3-4-12-23)33(43)40-22-24(47-34(44)39-19-9-2-10-20-39)21-28(40)31(42)36-26(14-7-8-18-35)30(41)32-37-25-13-5-6-15-29(25)48-32/h5-6,13,15-16,24,26-28,38H,2-4,7-12,14,17-22,35H2,1H3,(H,36,42)/t24-,26+,27-,28?/m1/s1. The largest absolute Gasteiger partial charge is 0.444 e. The molecule has 0 spiro atoms. The monoisotopic (exact) mass is 700 g/mol. The Labute approximate surface area is 287 Å². The fourth-order valence-electron chi connectivity index (χ4n) is 6.80. The number of benzene rings is 1. The zero-order valence-electron chi connectivity index (χ0n) is 28.1. The third kappa shape index (κ3) is 9.88. The Kier molecular flexibility index (Phi) is 12.4. The van der Waals surface area contributed by atoms with E-state index in [0.717, 1.165) is 56.8 Å². The van der Waals surface area contributed by atoms with Crippen LogP contribution >= 0.6 is 0 Å². The van der Waals surface area contributed by atoms with Crippen molar-refractivity contribution in [2.24, 2.45) is 5.73 Å². The van der Waals surface area contributed by atoms with Crippen LogP contribution in [0.15, 0.2) is 40.3 Å². The third-order valence-corrected chi connectivity index (χ3v) is 10.1. The number of ketones is 1. The Morgan fingerprint density at radius 1 is 1.06 bits per heavy atom. The maximum atomic E-state index is 14.2. The van der Waals surface area contributed by atoms with E-state index in [0.29, 0.717) is 43.6 Å². The van der Waals surface area contributed by atoms with Crippen molar-refractivity contribution >= 4 is 44.8 Å². The number of aromatic nitrogens is 1. The van der Waals surface area contributed by atoms with Gasteiger partial charge < -0.3 is 30.0 Å². The Morgan fingerprint density at radius 3 is 2.49 bits per heavy atom. The number of amides is 3. The summed E-state index contributed by atoms with van der Waals surface area (Å²) in [6.07, 6.45) is 9.67. The summed E-state index contributed by atoms with van der Waals surface area (Å²) < 4.78 is 38.8. The molecule has 4 N–H and O–H groups in total. The summed E-state index contributed by atoms with van der Waals surface area (Å²) in [6.45, 7) is 1.43. The highest BCUT2D eigenvalue weighted by Gasteiger charge is 2.45. The van der Waals surface area contributed by atoms with Crippen molar-refractivity contribution in [3.63, 3.8) is 0 Å². The number of nitrogens with one attached hydrogen (secondary N) is 2. The molecular formula is C34H48N6O8S. The minimum absolute atomic E-state index is 0.0174. The smallest absolute Gasteiger partial charge is 0.410 e. The molecule has 2 saturated heterocycles. The lowest BCUT2D eigenvalue weighted by atomic mass is 10.0. The van der Waals surface area contributed by atoms with Gasteiger partial charge in [0.1, 0.15) is 23.7 Å². The number of Topliss-reactive ketones (excluding diaryl/α,β-unsaturated/α-hetero) is 1. The number of oxazole rings is 1. The average Bonchev–Trinajstić information content (AvgIpc) is 3.86. The van der Waals surface area contributed by atoms with E-state index in [2.05, 4.69) is 15.0 Å². The van der Waals surface area contributed by atoms with Crippen LogP contribution in [-0.4, -0.2) is 104 Å². The van der Waals surface area contributed by atoms with Gasteiger partial charge in [-0.05, 0) is 89.3 Å². The lowest BCUT2D eigenvalue weighted by Gasteiger charge is -2.29. The molecule has 0 radical (unpaired) electrons. The highest BCUT2D eigenvalue weighted by molar-refractivity contribution is 7.88. The van der Waals surface area contributed by atoms with Crippen LogP contribution in [0.3, 0.4) is 0 Å². The van der Waals surface area contributed by atoms with Crippen molar-refractivity contribution in [2.45, 2.75) is 101 Å². The zero-order chi connectivity index (χ0) is 35.0. The molecule has 2 aromatic rings. The van der Waals surface area contributed by atoms with Gasteiger partial charge in [0.05, 0.1) is 18.8 Å². The third-order valence-electron chi connectivity index (χ3n) is 9.36. The van der Waals surface area contributed by atoms with E-state index < -0.39 is 57.9 Å². The molecule has 1 aromatic carbocycles. The molecule has 1 saturated carbocycles. The van der Waals surface area contributed by atoms with Crippen molar-refractivity contribution in [3.8, 4) is 0 Å². The van der Waals surface area contributed by atoms with E-state index in [4.69, 9.17) is 14.9 Å². The van der Waals surface area contributed by atoms with Gasteiger partial charge in [-0.25, -0.2) is 22.9 Å². The number of fused-ring (bicyclic) bond motifs is 1. The Morgan fingerprint density at radius 2 is 1.80 bits per heavy atom. The first-order chi connectivity index (χ1) is 23.5. The number of hydrogen-bond acceptors (Lipinski definition) is 10. The van der Waals surface area contributed by atoms with Crippen LogP contribution in [0.1, 0.15) is 87.7 Å². The highest BCUT2D eigenvalue weighted by Crippen LogP contribution is 2.27. The maximum Gasteiger partial charge on any atom is 0.410 e. The van der Waals surface area contributed by atoms with Crippen LogP contribution in [0.25, 0.3) is 11.1 Å². The lowest BCUT2D eigenvalue weighted by Crippen LogP contribution is -2.55. The molecule has 14 nitrogen and oxygen atoms in total. The first-order valence-electron chi connectivity index (χ1n) is 17.3. The minimum atomic E-state index is -3.80. The summed E-state index contributed by atoms with van der Waals surface area (Å²) in [7, 11) is -3.80. The summed E-state index contributed by atoms with van der Waals surface area (Å²) in [6, 6.07) is 3.61. The SMILES string of the molecule is CS(=O)(=O)N[C@H](CC=C1CCCC1)C(=O)N1C[C@H](OC(=O)N2CCCCC2)CC1C(=O)N[C@@H](CCCCN)C(=O)c1nc2ccccc2o1. The zero-order valence-corrected chi connectivity index (χ0v) is 28.9. The predicted molar refractivity (Wildman–Crippen MR) is 182 cm³/mol. The summed E-state index contributed by atoms with van der Waals surface area (Å²) in [5.41, 5.74) is 7.80. The fraction of sp³-hybridized carbons (Fsp3) is 0.618. The first-order valence-corrected chi connectivity index (χ1v) is 19.2. The van der Waals surface area contributed by atoms with E-state index in [1.807, 2.05) is 6.08 Å². The number of carbonyl (C=O) groups excluding carboxylic acids is 4. The van der Waals surface area contributed by atoms with Gasteiger partial charge in [0.15, 0.2) is 5.58 Å². The molecule has 49 heavy (non-hydrogen) atoms. The second-order valence-electron chi connectivity index (χ2n) is 13.2. The number of hydrogen-bond donors (Lipinski definition) is 3. The molecule has 2 aliphatic heterocycles. The Bertz CT molecular complexity index is 1590. The molecule has 1 aromatic heterocycles. The van der Waals surface area contributed by atoms with Gasteiger partial charge in [0, 0.05) is 19.5 Å². The minimum Gasteiger partial charge on any atom is -0.444 e. The van der Waals surface area contributed by atoms with Crippen molar-refractivity contribution < 1.29 is 36.7 Å². The number of nitrogens with two attached hydrogens (primary N) is 1. The van der Waals surface area contributed by atoms with Crippen molar-refractivity contribution in [2.75, 3.05) is 32.4 Å². The van der Waals surface area contributed by atoms with E-state index in [1.54, 1.807) is 29.2 Å². The van der Waals surface area contributed by atoms with Gasteiger partial charge in [-0.2, -0.15) is 0 Å². The molecule has 3 fully saturated rings. The van der Waals surface area contributed by atoms with Crippen LogP contribution in [0, 0.1) is 0 Å². The molecule has 3 amide bonds. The molecule has 4 atom stereocenters. The van der Waals surface area contributed by atoms with Gasteiger partial charge in [-0.15, -0.1) is 0 Å². The molecule has 15 heteroatoms. The highest BCUT2D eigenvalue weighted by atomic mass is 32.2. The summed E-state index contributed by atoms with van der Waals surface area (Å²) in [5, 5.41) is 2.82. The van der Waals surface area contributed by atoms with Crippen LogP contribution in [0.5, 0.6) is 0 Å². The van der Waals surface area contributed by atoms with Crippen LogP contribution in [0.2, 0.25) is 0 Å². The van der Waals surface area contributed by atoms with Crippen molar-refractivity contribution in [3.05, 3.63) is 41.8 Å². The van der Waals surface area contributed by atoms with Gasteiger partial charge in [0.25, 0.3) is 5.89 Å². The number of likely N-dealkylation sites (tertiary alicyclic amines) is 2. The number of rotatable bonds is 14. The number of allylic oxidation sites excluding steroid dienone is 1. The van der Waals surface area contributed by atoms with Gasteiger partial charge in [-0.3, -0.25) is 14.4 Å². The van der Waals surface area contributed by atoms with E-state index in [9.17, 15) is 27.6 Å². The van der Waals surface area contributed by atoms with Crippen LogP contribution in [-0.2, 0) is 24.3 Å².